The van der Waals surface area contributed by atoms with Gasteiger partial charge >= 0.3 is 0 Å². The Labute approximate surface area is 120 Å². The molecule has 0 heterocycles. The average Bonchev–Trinajstić information content (AvgIpc) is 2.37. The van der Waals surface area contributed by atoms with Gasteiger partial charge in [0, 0.05) is 18.1 Å². The van der Waals surface area contributed by atoms with Gasteiger partial charge in [0.2, 0.25) is 0 Å². The van der Waals surface area contributed by atoms with Crippen molar-refractivity contribution in [3.05, 3.63) is 29.6 Å². The number of nitrogens with one attached hydrogen (secondary N) is 1. The van der Waals surface area contributed by atoms with Crippen molar-refractivity contribution in [2.45, 2.75) is 25.8 Å². The standard InChI is InChI=1S/C14H22FNO3S/c1-4-16-13(6-5-9-20(3,17)18)11-7-8-12(15)14(10-11)19-2/h7-8,10,13,16H,4-6,9H2,1-3H3. The van der Waals surface area contributed by atoms with Crippen molar-refractivity contribution in [1.29, 1.82) is 0 Å². The summed E-state index contributed by atoms with van der Waals surface area (Å²) in [6.07, 6.45) is 2.47. The first kappa shape index (κ1) is 16.9. The highest BCUT2D eigenvalue weighted by atomic mass is 32.2. The van der Waals surface area contributed by atoms with Crippen molar-refractivity contribution in [2.75, 3.05) is 25.7 Å². The molecule has 0 aliphatic carbocycles. The number of hydrogen-bond donors (Lipinski definition) is 1. The quantitative estimate of drug-likeness (QED) is 0.800. The van der Waals surface area contributed by atoms with Crippen molar-refractivity contribution in [2.24, 2.45) is 0 Å². The molecule has 4 nitrogen and oxygen atoms in total. The van der Waals surface area contributed by atoms with E-state index in [9.17, 15) is 12.8 Å². The fourth-order valence-electron chi connectivity index (χ4n) is 2.08. The van der Waals surface area contributed by atoms with Gasteiger partial charge in [0.05, 0.1) is 7.11 Å². The fourth-order valence-corrected chi connectivity index (χ4v) is 2.77. The molecule has 1 aromatic carbocycles. The van der Waals surface area contributed by atoms with E-state index in [0.717, 1.165) is 12.1 Å². The number of sulfone groups is 1. The molecule has 1 rings (SSSR count). The SMILES string of the molecule is CCNC(CCCS(C)(=O)=O)c1ccc(F)c(OC)c1. The van der Waals surface area contributed by atoms with E-state index in [0.29, 0.717) is 12.8 Å². The second-order valence-corrected chi connectivity index (χ2v) is 7.04. The van der Waals surface area contributed by atoms with Crippen LogP contribution >= 0.6 is 0 Å². The van der Waals surface area contributed by atoms with Gasteiger partial charge in [0.15, 0.2) is 11.6 Å². The largest absolute Gasteiger partial charge is 0.494 e. The van der Waals surface area contributed by atoms with Crippen LogP contribution in [0.1, 0.15) is 31.4 Å². The minimum Gasteiger partial charge on any atom is -0.494 e. The lowest BCUT2D eigenvalue weighted by atomic mass is 10.0. The summed E-state index contributed by atoms with van der Waals surface area (Å²) in [5.74, 6) is -0.0381. The highest BCUT2D eigenvalue weighted by Crippen LogP contribution is 2.25. The highest BCUT2D eigenvalue weighted by molar-refractivity contribution is 7.90. The first-order valence-electron chi connectivity index (χ1n) is 6.62. The van der Waals surface area contributed by atoms with E-state index < -0.39 is 15.7 Å². The number of ether oxygens (including phenoxy) is 1. The molecule has 6 heteroatoms. The van der Waals surface area contributed by atoms with E-state index in [2.05, 4.69) is 5.32 Å². The minimum absolute atomic E-state index is 0.00347. The van der Waals surface area contributed by atoms with Crippen molar-refractivity contribution in [3.63, 3.8) is 0 Å². The maximum Gasteiger partial charge on any atom is 0.165 e. The van der Waals surface area contributed by atoms with Gasteiger partial charge in [-0.15, -0.1) is 0 Å². The predicted octanol–water partition coefficient (Wildman–Crippen LogP) is 2.31. The summed E-state index contributed by atoms with van der Waals surface area (Å²) >= 11 is 0. The lowest BCUT2D eigenvalue weighted by Crippen LogP contribution is -2.21. The zero-order valence-corrected chi connectivity index (χ0v) is 13.0. The van der Waals surface area contributed by atoms with Gasteiger partial charge < -0.3 is 10.1 Å². The molecular formula is C14H22FNO3S. The zero-order valence-electron chi connectivity index (χ0n) is 12.1. The molecule has 0 radical (unpaired) electrons. The van der Waals surface area contributed by atoms with Crippen LogP contribution in [0.2, 0.25) is 0 Å². The molecule has 0 saturated carbocycles. The van der Waals surface area contributed by atoms with Gasteiger partial charge in [-0.3, -0.25) is 0 Å². The second kappa shape index (κ2) is 7.59. The third-order valence-electron chi connectivity index (χ3n) is 3.04. The van der Waals surface area contributed by atoms with Crippen LogP contribution in [0.25, 0.3) is 0 Å². The fraction of sp³-hybridized carbons (Fsp3) is 0.571. The van der Waals surface area contributed by atoms with Crippen LogP contribution in [0.5, 0.6) is 5.75 Å². The maximum absolute atomic E-state index is 13.4. The molecule has 0 saturated heterocycles. The molecule has 0 bridgehead atoms. The molecule has 0 fully saturated rings. The Morgan fingerprint density at radius 1 is 1.40 bits per heavy atom. The Kier molecular flexibility index (Phi) is 6.42. The summed E-state index contributed by atoms with van der Waals surface area (Å²) in [7, 11) is -1.52. The molecule has 0 spiro atoms. The van der Waals surface area contributed by atoms with E-state index in [1.165, 1.54) is 19.4 Å². The van der Waals surface area contributed by atoms with Gasteiger partial charge in [-0.1, -0.05) is 13.0 Å². The van der Waals surface area contributed by atoms with E-state index in [1.54, 1.807) is 12.1 Å². The van der Waals surface area contributed by atoms with Gasteiger partial charge in [-0.25, -0.2) is 12.8 Å². The monoisotopic (exact) mass is 303 g/mol. The van der Waals surface area contributed by atoms with Crippen molar-refractivity contribution in [1.82, 2.24) is 5.32 Å². The molecule has 1 aromatic rings. The van der Waals surface area contributed by atoms with Crippen LogP contribution < -0.4 is 10.1 Å². The van der Waals surface area contributed by atoms with Crippen LogP contribution in [-0.2, 0) is 9.84 Å². The van der Waals surface area contributed by atoms with Gasteiger partial charge in [0.25, 0.3) is 0 Å². The number of benzene rings is 1. The minimum atomic E-state index is -2.95. The molecule has 1 atom stereocenters. The molecular weight excluding hydrogens is 281 g/mol. The topological polar surface area (TPSA) is 55.4 Å². The molecule has 1 N–H and O–H groups in total. The van der Waals surface area contributed by atoms with E-state index >= 15 is 0 Å². The van der Waals surface area contributed by atoms with Crippen molar-refractivity contribution >= 4 is 9.84 Å². The Hall–Kier alpha value is -1.14. The second-order valence-electron chi connectivity index (χ2n) is 4.78. The molecule has 0 amide bonds. The predicted molar refractivity (Wildman–Crippen MR) is 78.3 cm³/mol. The van der Waals surface area contributed by atoms with Crippen molar-refractivity contribution in [3.8, 4) is 5.75 Å². The first-order chi connectivity index (χ1) is 9.37. The zero-order chi connectivity index (χ0) is 15.2. The molecule has 114 valence electrons. The summed E-state index contributed by atoms with van der Waals surface area (Å²) in [5, 5.41) is 3.28. The molecule has 0 aromatic heterocycles. The van der Waals surface area contributed by atoms with Gasteiger partial charge in [0.1, 0.15) is 9.84 Å². The normalized spacial score (nSPS) is 13.2. The Bertz CT molecular complexity index is 531. The summed E-state index contributed by atoms with van der Waals surface area (Å²) in [6.45, 7) is 2.73. The molecule has 20 heavy (non-hydrogen) atoms. The van der Waals surface area contributed by atoms with Crippen LogP contribution in [-0.4, -0.2) is 34.1 Å². The Balaban J connectivity index is 2.79. The lowest BCUT2D eigenvalue weighted by molar-refractivity contribution is 0.384. The maximum atomic E-state index is 13.4. The highest BCUT2D eigenvalue weighted by Gasteiger charge is 2.14. The smallest absolute Gasteiger partial charge is 0.165 e. The summed E-state index contributed by atoms with van der Waals surface area (Å²) in [5.41, 5.74) is 0.901. The average molecular weight is 303 g/mol. The van der Waals surface area contributed by atoms with Gasteiger partial charge in [-0.2, -0.15) is 0 Å². The first-order valence-corrected chi connectivity index (χ1v) is 8.68. The number of halogens is 1. The van der Waals surface area contributed by atoms with E-state index in [1.807, 2.05) is 6.92 Å². The van der Waals surface area contributed by atoms with Crippen molar-refractivity contribution < 1.29 is 17.5 Å². The number of hydrogen-bond acceptors (Lipinski definition) is 4. The number of methoxy groups -OCH3 is 1. The summed E-state index contributed by atoms with van der Waals surface area (Å²) in [6, 6.07) is 4.72. The third kappa shape index (κ3) is 5.46. The van der Waals surface area contributed by atoms with Crippen LogP contribution in [0.4, 0.5) is 4.39 Å². The third-order valence-corrected chi connectivity index (χ3v) is 4.07. The van der Waals surface area contributed by atoms with Crippen LogP contribution in [0, 0.1) is 5.82 Å². The molecule has 0 aliphatic heterocycles. The lowest BCUT2D eigenvalue weighted by Gasteiger charge is -2.19. The van der Waals surface area contributed by atoms with Crippen LogP contribution in [0.15, 0.2) is 18.2 Å². The van der Waals surface area contributed by atoms with Crippen LogP contribution in [0.3, 0.4) is 0 Å². The molecule has 0 aliphatic rings. The Morgan fingerprint density at radius 2 is 2.10 bits per heavy atom. The summed E-state index contributed by atoms with van der Waals surface area (Å²) in [4.78, 5) is 0. The summed E-state index contributed by atoms with van der Waals surface area (Å²) < 4.78 is 40.7. The van der Waals surface area contributed by atoms with Gasteiger partial charge in [-0.05, 0) is 37.1 Å². The Morgan fingerprint density at radius 3 is 2.65 bits per heavy atom. The van der Waals surface area contributed by atoms with E-state index in [-0.39, 0.29) is 17.5 Å². The van der Waals surface area contributed by atoms with E-state index in [4.69, 9.17) is 4.74 Å². The molecule has 1 unspecified atom stereocenters. The number of rotatable bonds is 8.